The number of nitrogens with zero attached hydrogens (tertiary/aromatic N) is 3. The number of carbonyl (C=O) groups excluding carboxylic acids is 1. The molecule has 1 fully saturated rings. The van der Waals surface area contributed by atoms with E-state index in [0.29, 0.717) is 32.5 Å². The zero-order valence-electron chi connectivity index (χ0n) is 16.0. The standard InChI is InChI=1S/C19H27ClFN3O3/c1-4-23(12-16(25)26)13-8-10-24(11-9-13)19(27)18(22(2)3)17-14(20)6-5-7-15(17)21/h5-7,13,18H,4,8-12H2,1-3H3,(H,25,26). The van der Waals surface area contributed by atoms with Crippen molar-refractivity contribution < 1.29 is 19.1 Å². The summed E-state index contributed by atoms with van der Waals surface area (Å²) in [4.78, 5) is 29.4. The van der Waals surface area contributed by atoms with Crippen LogP contribution in [0.1, 0.15) is 31.4 Å². The van der Waals surface area contributed by atoms with Crippen LogP contribution in [0.5, 0.6) is 0 Å². The molecule has 150 valence electrons. The van der Waals surface area contributed by atoms with Crippen LogP contribution in [0, 0.1) is 5.82 Å². The van der Waals surface area contributed by atoms with Crippen molar-refractivity contribution in [1.29, 1.82) is 0 Å². The van der Waals surface area contributed by atoms with Crippen LogP contribution in [0.25, 0.3) is 0 Å². The number of halogens is 2. The second-order valence-corrected chi connectivity index (χ2v) is 7.42. The Kier molecular flexibility index (Phi) is 7.59. The molecular weight excluding hydrogens is 373 g/mol. The summed E-state index contributed by atoms with van der Waals surface area (Å²) in [6, 6.07) is 3.75. The molecule has 8 heteroatoms. The number of likely N-dealkylation sites (N-methyl/N-ethyl adjacent to an activating group) is 2. The lowest BCUT2D eigenvalue weighted by molar-refractivity contribution is -0.141. The number of carboxylic acid groups (broad SMARTS) is 1. The van der Waals surface area contributed by atoms with Crippen molar-refractivity contribution in [2.75, 3.05) is 40.3 Å². The Labute approximate surface area is 164 Å². The van der Waals surface area contributed by atoms with Gasteiger partial charge in [-0.3, -0.25) is 19.4 Å². The fourth-order valence-electron chi connectivity index (χ4n) is 3.67. The molecule has 1 aromatic rings. The summed E-state index contributed by atoms with van der Waals surface area (Å²) in [6.45, 7) is 3.60. The van der Waals surface area contributed by atoms with Gasteiger partial charge in [0, 0.05) is 29.7 Å². The van der Waals surface area contributed by atoms with Gasteiger partial charge in [0.1, 0.15) is 11.9 Å². The molecular formula is C19H27ClFN3O3. The van der Waals surface area contributed by atoms with Crippen molar-refractivity contribution in [3.63, 3.8) is 0 Å². The molecule has 1 amide bonds. The zero-order chi connectivity index (χ0) is 20.1. The van der Waals surface area contributed by atoms with Crippen LogP contribution in [0.4, 0.5) is 4.39 Å². The molecule has 0 saturated carbocycles. The molecule has 1 aromatic carbocycles. The van der Waals surface area contributed by atoms with Gasteiger partial charge in [0.2, 0.25) is 5.91 Å². The fraction of sp³-hybridized carbons (Fsp3) is 0.579. The first kappa shape index (κ1) is 21.6. The molecule has 0 radical (unpaired) electrons. The summed E-state index contributed by atoms with van der Waals surface area (Å²) >= 11 is 6.18. The van der Waals surface area contributed by atoms with Gasteiger partial charge in [0.15, 0.2) is 0 Å². The van der Waals surface area contributed by atoms with E-state index in [0.717, 1.165) is 0 Å². The van der Waals surface area contributed by atoms with E-state index in [2.05, 4.69) is 0 Å². The topological polar surface area (TPSA) is 64.1 Å². The Morgan fingerprint density at radius 2 is 1.96 bits per heavy atom. The maximum Gasteiger partial charge on any atom is 0.317 e. The van der Waals surface area contributed by atoms with Crippen LogP contribution in [-0.4, -0.2) is 78.0 Å². The second-order valence-electron chi connectivity index (χ2n) is 7.01. The highest BCUT2D eigenvalue weighted by atomic mass is 35.5. The highest BCUT2D eigenvalue weighted by molar-refractivity contribution is 6.31. The molecule has 1 heterocycles. The zero-order valence-corrected chi connectivity index (χ0v) is 16.7. The molecule has 0 aromatic heterocycles. The molecule has 6 nitrogen and oxygen atoms in total. The minimum Gasteiger partial charge on any atom is -0.480 e. The van der Waals surface area contributed by atoms with Crippen molar-refractivity contribution in [1.82, 2.24) is 14.7 Å². The summed E-state index contributed by atoms with van der Waals surface area (Å²) in [6.07, 6.45) is 1.38. The van der Waals surface area contributed by atoms with E-state index in [1.54, 1.807) is 30.0 Å². The number of rotatable bonds is 7. The normalized spacial score (nSPS) is 16.8. The van der Waals surface area contributed by atoms with E-state index in [4.69, 9.17) is 16.7 Å². The van der Waals surface area contributed by atoms with Gasteiger partial charge in [-0.1, -0.05) is 24.6 Å². The van der Waals surface area contributed by atoms with E-state index in [1.807, 2.05) is 11.8 Å². The van der Waals surface area contributed by atoms with Crippen LogP contribution in [-0.2, 0) is 9.59 Å². The Morgan fingerprint density at radius 3 is 2.44 bits per heavy atom. The minimum atomic E-state index is -0.850. The van der Waals surface area contributed by atoms with E-state index in [9.17, 15) is 14.0 Å². The molecule has 1 saturated heterocycles. The maximum absolute atomic E-state index is 14.4. The smallest absolute Gasteiger partial charge is 0.317 e. The van der Waals surface area contributed by atoms with Crippen molar-refractivity contribution in [2.24, 2.45) is 0 Å². The molecule has 1 atom stereocenters. The number of carboxylic acids is 1. The number of aliphatic carboxylic acids is 1. The monoisotopic (exact) mass is 399 g/mol. The first-order valence-corrected chi connectivity index (χ1v) is 9.49. The number of amides is 1. The van der Waals surface area contributed by atoms with Gasteiger partial charge in [0.25, 0.3) is 0 Å². The van der Waals surface area contributed by atoms with Gasteiger partial charge in [-0.2, -0.15) is 0 Å². The van der Waals surface area contributed by atoms with Gasteiger partial charge in [-0.25, -0.2) is 4.39 Å². The largest absolute Gasteiger partial charge is 0.480 e. The predicted octanol–water partition coefficient (Wildman–Crippen LogP) is 2.48. The average Bonchev–Trinajstić information content (AvgIpc) is 2.62. The Hall–Kier alpha value is -1.70. The average molecular weight is 400 g/mol. The van der Waals surface area contributed by atoms with E-state index < -0.39 is 17.8 Å². The van der Waals surface area contributed by atoms with Gasteiger partial charge >= 0.3 is 5.97 Å². The lowest BCUT2D eigenvalue weighted by Gasteiger charge is -2.39. The summed E-state index contributed by atoms with van der Waals surface area (Å²) in [5.41, 5.74) is 0.192. The van der Waals surface area contributed by atoms with Crippen LogP contribution in [0.3, 0.4) is 0 Å². The van der Waals surface area contributed by atoms with Crippen LogP contribution >= 0.6 is 11.6 Å². The van der Waals surface area contributed by atoms with Crippen molar-refractivity contribution in [3.05, 3.63) is 34.6 Å². The number of piperidine rings is 1. The summed E-state index contributed by atoms with van der Waals surface area (Å²) < 4.78 is 14.4. The third-order valence-corrected chi connectivity index (χ3v) is 5.39. The fourth-order valence-corrected chi connectivity index (χ4v) is 3.94. The van der Waals surface area contributed by atoms with Gasteiger partial charge in [-0.15, -0.1) is 0 Å². The van der Waals surface area contributed by atoms with E-state index in [-0.39, 0.29) is 29.1 Å². The van der Waals surface area contributed by atoms with Crippen LogP contribution in [0.15, 0.2) is 18.2 Å². The molecule has 1 N–H and O–H groups in total. The number of carbonyl (C=O) groups is 2. The molecule has 0 bridgehead atoms. The summed E-state index contributed by atoms with van der Waals surface area (Å²) in [7, 11) is 3.45. The summed E-state index contributed by atoms with van der Waals surface area (Å²) in [5, 5.41) is 9.27. The molecule has 0 spiro atoms. The van der Waals surface area contributed by atoms with Gasteiger partial charge in [0.05, 0.1) is 6.54 Å². The van der Waals surface area contributed by atoms with Crippen molar-refractivity contribution in [2.45, 2.75) is 31.8 Å². The maximum atomic E-state index is 14.4. The number of hydrogen-bond donors (Lipinski definition) is 1. The number of likely N-dealkylation sites (tertiary alicyclic amines) is 1. The molecule has 1 aliphatic rings. The van der Waals surface area contributed by atoms with Crippen LogP contribution < -0.4 is 0 Å². The molecule has 27 heavy (non-hydrogen) atoms. The minimum absolute atomic E-state index is 0.000268. The highest BCUT2D eigenvalue weighted by Gasteiger charge is 2.34. The van der Waals surface area contributed by atoms with Crippen molar-refractivity contribution >= 4 is 23.5 Å². The van der Waals surface area contributed by atoms with E-state index >= 15 is 0 Å². The van der Waals surface area contributed by atoms with E-state index in [1.165, 1.54) is 12.1 Å². The first-order chi connectivity index (χ1) is 12.8. The molecule has 2 rings (SSSR count). The number of hydrogen-bond acceptors (Lipinski definition) is 4. The lowest BCUT2D eigenvalue weighted by Crippen LogP contribution is -2.50. The first-order valence-electron chi connectivity index (χ1n) is 9.11. The SMILES string of the molecule is CCN(CC(=O)O)C1CCN(C(=O)C(c2c(F)cccc2Cl)N(C)C)CC1. The molecule has 1 aliphatic heterocycles. The summed E-state index contributed by atoms with van der Waals surface area (Å²) in [5.74, 6) is -1.54. The Morgan fingerprint density at radius 1 is 1.33 bits per heavy atom. The number of benzene rings is 1. The third kappa shape index (κ3) is 5.18. The molecule has 0 aliphatic carbocycles. The highest BCUT2D eigenvalue weighted by Crippen LogP contribution is 2.31. The quantitative estimate of drug-likeness (QED) is 0.763. The third-order valence-electron chi connectivity index (χ3n) is 5.06. The van der Waals surface area contributed by atoms with Crippen molar-refractivity contribution in [3.8, 4) is 0 Å². The van der Waals surface area contributed by atoms with Gasteiger partial charge < -0.3 is 10.0 Å². The van der Waals surface area contributed by atoms with Crippen LogP contribution in [0.2, 0.25) is 5.02 Å². The predicted molar refractivity (Wildman–Crippen MR) is 102 cm³/mol. The molecule has 1 unspecified atom stereocenters. The second kappa shape index (κ2) is 9.48. The Balaban J connectivity index is 2.12. The lowest BCUT2D eigenvalue weighted by atomic mass is 9.99. The van der Waals surface area contributed by atoms with Gasteiger partial charge in [-0.05, 0) is 45.6 Å². The Bertz CT molecular complexity index is 658.